The van der Waals surface area contributed by atoms with E-state index in [0.717, 1.165) is 0 Å². The van der Waals surface area contributed by atoms with Crippen LogP contribution in [0.1, 0.15) is 106 Å². The molecule has 0 spiro atoms. The Kier molecular flexibility index (Phi) is 26.9. The molecule has 0 radical (unpaired) electrons. The van der Waals surface area contributed by atoms with Crippen LogP contribution in [0.15, 0.2) is 35.3 Å². The van der Waals surface area contributed by atoms with Crippen molar-refractivity contribution in [1.29, 1.82) is 0 Å². The highest BCUT2D eigenvalue weighted by molar-refractivity contribution is 7.80. The van der Waals surface area contributed by atoms with Crippen LogP contribution in [0.2, 0.25) is 0 Å². The van der Waals surface area contributed by atoms with E-state index in [1.165, 1.54) is 4.90 Å². The number of carboxylic acid groups (broad SMARTS) is 2. The van der Waals surface area contributed by atoms with Crippen molar-refractivity contribution in [3.05, 3.63) is 35.9 Å². The van der Waals surface area contributed by atoms with Crippen molar-refractivity contribution in [2.75, 3.05) is 18.8 Å². The zero-order valence-electron chi connectivity index (χ0n) is 43.7. The first-order chi connectivity index (χ1) is 34.7. The minimum absolute atomic E-state index is 0.0342. The number of rotatable bonds is 31. The lowest BCUT2D eigenvalue weighted by molar-refractivity contribution is -0.144. The van der Waals surface area contributed by atoms with E-state index in [1.54, 1.807) is 71.9 Å². The molecule has 1 heterocycles. The number of carbonyl (C=O) groups excluding carboxylic acids is 8. The molecule has 0 bridgehead atoms. The molecule has 0 aliphatic carbocycles. The first-order valence-electron chi connectivity index (χ1n) is 25.1. The lowest BCUT2D eigenvalue weighted by atomic mass is 9.96. The molecule has 0 aromatic heterocycles. The fourth-order valence-electron chi connectivity index (χ4n) is 7.98. The van der Waals surface area contributed by atoms with Gasteiger partial charge in [0.1, 0.15) is 48.3 Å². The lowest BCUT2D eigenvalue weighted by Gasteiger charge is -2.31. The molecule has 1 aliphatic heterocycles. The predicted octanol–water partition coefficient (Wildman–Crippen LogP) is -1.11. The SMILES string of the molecule is CC[C@H](C)[C@H](NC(=O)[C@H](Cc1ccccc1)NC(=O)[C@@H](NC(=O)[C@H](CC(=O)O)NC(=O)[C@@H]1CCCN1C(=O)[C@H](CC(C)C)NC(=O)[C@@H](N)C(C)C)C(C)C)C(=O)N[C@@H](CCCN=C(N)N)C(=O)N[C@@H](CS)C(=O)O. The number of aliphatic imine (C=N–C) groups is 1. The number of hydrogen-bond donors (Lipinski definition) is 13. The molecule has 414 valence electrons. The third-order valence-electron chi connectivity index (χ3n) is 12.5. The topological polar surface area (TPSA) is 389 Å². The Morgan fingerprint density at radius 2 is 1.26 bits per heavy atom. The van der Waals surface area contributed by atoms with Gasteiger partial charge >= 0.3 is 11.9 Å². The van der Waals surface area contributed by atoms with Gasteiger partial charge in [-0.1, -0.05) is 92.1 Å². The van der Waals surface area contributed by atoms with Gasteiger partial charge in [0, 0.05) is 25.3 Å². The first-order valence-corrected chi connectivity index (χ1v) is 25.7. The number of thiol groups is 1. The van der Waals surface area contributed by atoms with E-state index in [4.69, 9.17) is 17.2 Å². The third kappa shape index (κ3) is 20.8. The van der Waals surface area contributed by atoms with Crippen LogP contribution >= 0.6 is 12.6 Å². The van der Waals surface area contributed by atoms with Gasteiger partial charge < -0.3 is 69.5 Å². The standard InChI is InChI=1S/C49H80N12O12S/c1-9-28(8)39(46(70)54-30(17-13-19-53-49(51)52)40(64)58-34(24-74)48(72)73)60-41(65)31(22-29-15-11-10-12-16-29)56-45(69)38(27(6)7)59-42(66)32(23-36(62)63)55-43(67)35-18-14-20-61(35)47(71)33(21-25(2)3)57-44(68)37(50)26(4)5/h10-12,15-16,25-28,30-35,37-39,74H,9,13-14,17-24,50H2,1-8H3,(H,54,70)(H,55,67)(H,56,69)(H,57,68)(H,58,64)(H,59,66)(H,60,65)(H,62,63)(H,72,73)(H4,51,52,53)/t28-,30-,31-,32-,33-,34-,35-,37-,38-,39-/m0/s1. The number of likely N-dealkylation sites (tertiary alicyclic amines) is 1. The van der Waals surface area contributed by atoms with Crippen molar-refractivity contribution in [2.24, 2.45) is 45.9 Å². The van der Waals surface area contributed by atoms with Gasteiger partial charge in [0.15, 0.2) is 5.96 Å². The minimum Gasteiger partial charge on any atom is -0.481 e. The van der Waals surface area contributed by atoms with Crippen molar-refractivity contribution in [1.82, 2.24) is 42.1 Å². The molecule has 74 heavy (non-hydrogen) atoms. The number of carboxylic acids is 2. The van der Waals surface area contributed by atoms with Gasteiger partial charge in [-0.05, 0) is 61.3 Å². The van der Waals surface area contributed by atoms with E-state index in [9.17, 15) is 58.2 Å². The molecule has 24 nitrogen and oxygen atoms in total. The fraction of sp³-hybridized carbons (Fsp3) is 0.653. The molecule has 1 aromatic carbocycles. The van der Waals surface area contributed by atoms with Crippen LogP contribution in [0.5, 0.6) is 0 Å². The Hall–Kier alpha value is -6.50. The van der Waals surface area contributed by atoms with Crippen LogP contribution in [-0.2, 0) is 54.4 Å². The number of guanidine groups is 1. The van der Waals surface area contributed by atoms with Crippen LogP contribution in [0.4, 0.5) is 0 Å². The zero-order chi connectivity index (χ0) is 56.0. The smallest absolute Gasteiger partial charge is 0.327 e. The molecule has 0 unspecified atom stereocenters. The molecular weight excluding hydrogens is 981 g/mol. The Bertz CT molecular complexity index is 2130. The molecule has 1 fully saturated rings. The summed E-state index contributed by atoms with van der Waals surface area (Å²) in [6, 6.07) is -2.99. The van der Waals surface area contributed by atoms with Gasteiger partial charge in [-0.15, -0.1) is 0 Å². The van der Waals surface area contributed by atoms with Crippen LogP contribution < -0.4 is 54.4 Å². The van der Waals surface area contributed by atoms with Crippen LogP contribution in [-0.4, -0.2) is 153 Å². The normalized spacial score (nSPS) is 17.0. The maximum absolute atomic E-state index is 14.4. The van der Waals surface area contributed by atoms with Gasteiger partial charge in [0.25, 0.3) is 0 Å². The van der Waals surface area contributed by atoms with Crippen molar-refractivity contribution in [3.8, 4) is 0 Å². The number of aliphatic carboxylic acids is 2. The summed E-state index contributed by atoms with van der Waals surface area (Å²) in [6.45, 7) is 14.1. The van der Waals surface area contributed by atoms with Gasteiger partial charge in [-0.25, -0.2) is 4.79 Å². The lowest BCUT2D eigenvalue weighted by Crippen LogP contribution is -2.62. The number of carbonyl (C=O) groups is 10. The Balaban J connectivity index is 2.43. The number of hydrogen-bond acceptors (Lipinski definition) is 13. The maximum Gasteiger partial charge on any atom is 0.327 e. The molecule has 1 saturated heterocycles. The minimum atomic E-state index is -1.73. The Labute approximate surface area is 438 Å². The summed E-state index contributed by atoms with van der Waals surface area (Å²) >= 11 is 4.00. The van der Waals surface area contributed by atoms with Gasteiger partial charge in [0.05, 0.1) is 12.5 Å². The molecule has 0 saturated carbocycles. The molecule has 1 aliphatic rings. The fourth-order valence-corrected chi connectivity index (χ4v) is 8.22. The first kappa shape index (κ1) is 63.6. The van der Waals surface area contributed by atoms with Crippen molar-refractivity contribution < 1.29 is 58.2 Å². The number of nitrogens with zero attached hydrogens (tertiary/aromatic N) is 2. The summed E-state index contributed by atoms with van der Waals surface area (Å²) in [4.78, 5) is 140. The number of amides is 8. The summed E-state index contributed by atoms with van der Waals surface area (Å²) in [5.74, 6) is -11.0. The quantitative estimate of drug-likeness (QED) is 0.0182. The molecule has 1 aromatic rings. The molecule has 8 amide bonds. The number of nitrogens with one attached hydrogen (secondary N) is 7. The van der Waals surface area contributed by atoms with E-state index in [2.05, 4.69) is 54.8 Å². The van der Waals surface area contributed by atoms with Crippen molar-refractivity contribution >= 4 is 77.8 Å². The second kappa shape index (κ2) is 31.3. The Morgan fingerprint density at radius 1 is 0.703 bits per heavy atom. The summed E-state index contributed by atoms with van der Waals surface area (Å²) in [5.41, 5.74) is 17.5. The molecule has 15 N–H and O–H groups in total. The van der Waals surface area contributed by atoms with Gasteiger partial charge in [-0.2, -0.15) is 12.6 Å². The summed E-state index contributed by atoms with van der Waals surface area (Å²) in [6.07, 6.45) is 0.304. The average Bonchev–Trinajstić information content (AvgIpc) is 3.83. The average molecular weight is 1060 g/mol. The van der Waals surface area contributed by atoms with E-state index in [0.29, 0.717) is 18.4 Å². The van der Waals surface area contributed by atoms with Crippen molar-refractivity contribution in [3.63, 3.8) is 0 Å². The Morgan fingerprint density at radius 3 is 1.80 bits per heavy atom. The zero-order valence-corrected chi connectivity index (χ0v) is 44.6. The van der Waals surface area contributed by atoms with Crippen LogP contribution in [0.3, 0.4) is 0 Å². The van der Waals surface area contributed by atoms with E-state index in [1.807, 2.05) is 13.8 Å². The second-order valence-electron chi connectivity index (χ2n) is 19.8. The monoisotopic (exact) mass is 1060 g/mol. The molecule has 25 heteroatoms. The van der Waals surface area contributed by atoms with E-state index < -0.39 is 132 Å². The molecule has 10 atom stereocenters. The van der Waals surface area contributed by atoms with E-state index >= 15 is 0 Å². The molecular formula is C49H80N12O12S. The van der Waals surface area contributed by atoms with Gasteiger partial charge in [0.2, 0.25) is 47.3 Å². The second-order valence-corrected chi connectivity index (χ2v) is 20.1. The highest BCUT2D eigenvalue weighted by Crippen LogP contribution is 2.22. The third-order valence-corrected chi connectivity index (χ3v) is 12.9. The highest BCUT2D eigenvalue weighted by atomic mass is 32.1. The van der Waals surface area contributed by atoms with Gasteiger partial charge in [-0.3, -0.25) is 48.1 Å². The highest BCUT2D eigenvalue weighted by Gasteiger charge is 2.41. The summed E-state index contributed by atoms with van der Waals surface area (Å²) in [5, 5.41) is 37.5. The largest absolute Gasteiger partial charge is 0.481 e. The van der Waals surface area contributed by atoms with Crippen LogP contribution in [0, 0.1) is 23.7 Å². The van der Waals surface area contributed by atoms with E-state index in [-0.39, 0.29) is 68.7 Å². The van der Waals surface area contributed by atoms with Crippen LogP contribution in [0.25, 0.3) is 0 Å². The number of nitrogens with two attached hydrogens (primary N) is 3. The summed E-state index contributed by atoms with van der Waals surface area (Å²) < 4.78 is 0. The summed E-state index contributed by atoms with van der Waals surface area (Å²) in [7, 11) is 0. The maximum atomic E-state index is 14.4. The number of benzene rings is 1. The molecule has 2 rings (SSSR count). The predicted molar refractivity (Wildman–Crippen MR) is 279 cm³/mol. The van der Waals surface area contributed by atoms with Crippen molar-refractivity contribution in [2.45, 2.75) is 161 Å².